The summed E-state index contributed by atoms with van der Waals surface area (Å²) < 4.78 is 1.94. The first-order chi connectivity index (χ1) is 7.22. The van der Waals surface area contributed by atoms with Crippen LogP contribution in [0.25, 0.3) is 11.0 Å². The number of fused-ring (bicyclic) bond motifs is 1. The van der Waals surface area contributed by atoms with Crippen LogP contribution in [0.4, 0.5) is 0 Å². The number of Topliss-reactive ketones (excluding diaryl/α,β-unsaturated/α-hetero) is 1. The molecule has 0 aliphatic heterocycles. The molecule has 15 heavy (non-hydrogen) atoms. The number of hydrogen-bond acceptors (Lipinski definition) is 3. The minimum Gasteiger partial charge on any atom is -0.334 e. The molecule has 0 saturated heterocycles. The molecule has 4 heteroatoms. The summed E-state index contributed by atoms with van der Waals surface area (Å²) in [6.45, 7) is 0. The van der Waals surface area contributed by atoms with Crippen LogP contribution in [0, 0.1) is 0 Å². The summed E-state index contributed by atoms with van der Waals surface area (Å²) in [6, 6.07) is 5.66. The van der Waals surface area contributed by atoms with Gasteiger partial charge in [-0.1, -0.05) is 0 Å². The number of aromatic nitrogens is 2. The van der Waals surface area contributed by atoms with Gasteiger partial charge >= 0.3 is 0 Å². The van der Waals surface area contributed by atoms with Gasteiger partial charge in [-0.2, -0.15) is 11.8 Å². The predicted molar refractivity (Wildman–Crippen MR) is 63.4 cm³/mol. The second-order valence-corrected chi connectivity index (χ2v) is 4.28. The van der Waals surface area contributed by atoms with E-state index in [1.54, 1.807) is 18.1 Å². The topological polar surface area (TPSA) is 34.9 Å². The van der Waals surface area contributed by atoms with Crippen LogP contribution in [-0.2, 0) is 7.05 Å². The largest absolute Gasteiger partial charge is 0.334 e. The highest BCUT2D eigenvalue weighted by Crippen LogP contribution is 2.15. The van der Waals surface area contributed by atoms with Crippen LogP contribution in [-0.4, -0.2) is 27.3 Å². The van der Waals surface area contributed by atoms with Gasteiger partial charge in [-0.3, -0.25) is 4.79 Å². The van der Waals surface area contributed by atoms with Crippen molar-refractivity contribution in [3.8, 4) is 0 Å². The van der Waals surface area contributed by atoms with E-state index in [9.17, 15) is 4.79 Å². The second-order valence-electron chi connectivity index (χ2n) is 3.42. The van der Waals surface area contributed by atoms with Crippen LogP contribution in [0.15, 0.2) is 24.5 Å². The van der Waals surface area contributed by atoms with Gasteiger partial charge in [0.25, 0.3) is 0 Å². The van der Waals surface area contributed by atoms with Gasteiger partial charge < -0.3 is 4.57 Å². The quantitative estimate of drug-likeness (QED) is 0.743. The lowest BCUT2D eigenvalue weighted by Crippen LogP contribution is -2.01. The Morgan fingerprint density at radius 2 is 2.33 bits per heavy atom. The molecule has 0 amide bonds. The van der Waals surface area contributed by atoms with Crippen molar-refractivity contribution >= 4 is 28.6 Å². The molecule has 1 heterocycles. The van der Waals surface area contributed by atoms with E-state index < -0.39 is 0 Å². The summed E-state index contributed by atoms with van der Waals surface area (Å²) in [7, 11) is 1.94. The minimum absolute atomic E-state index is 0.162. The highest BCUT2D eigenvalue weighted by atomic mass is 32.2. The summed E-state index contributed by atoms with van der Waals surface area (Å²) in [5, 5.41) is 0. The molecule has 0 fully saturated rings. The molecule has 2 rings (SSSR count). The van der Waals surface area contributed by atoms with Crippen molar-refractivity contribution in [2.24, 2.45) is 7.05 Å². The number of carbonyl (C=O) groups excluding carboxylic acids is 1. The Hall–Kier alpha value is -1.29. The van der Waals surface area contributed by atoms with Crippen LogP contribution in [0.2, 0.25) is 0 Å². The number of benzene rings is 1. The van der Waals surface area contributed by atoms with Crippen molar-refractivity contribution in [2.45, 2.75) is 0 Å². The lowest BCUT2D eigenvalue weighted by atomic mass is 10.1. The van der Waals surface area contributed by atoms with Crippen molar-refractivity contribution in [1.82, 2.24) is 9.55 Å². The van der Waals surface area contributed by atoms with Crippen molar-refractivity contribution in [1.29, 1.82) is 0 Å². The number of aryl methyl sites for hydroxylation is 1. The zero-order chi connectivity index (χ0) is 10.8. The zero-order valence-corrected chi connectivity index (χ0v) is 9.54. The van der Waals surface area contributed by atoms with Crippen LogP contribution < -0.4 is 0 Å². The third kappa shape index (κ3) is 1.90. The van der Waals surface area contributed by atoms with Gasteiger partial charge in [0, 0.05) is 12.6 Å². The van der Waals surface area contributed by atoms with Gasteiger partial charge in [0.05, 0.1) is 23.1 Å². The van der Waals surface area contributed by atoms with Crippen LogP contribution in [0.1, 0.15) is 10.4 Å². The molecule has 1 aromatic carbocycles. The van der Waals surface area contributed by atoms with E-state index in [2.05, 4.69) is 4.98 Å². The van der Waals surface area contributed by atoms with Gasteiger partial charge in [0.15, 0.2) is 5.78 Å². The summed E-state index contributed by atoms with van der Waals surface area (Å²) in [5.41, 5.74) is 2.68. The fourth-order valence-electron chi connectivity index (χ4n) is 1.52. The van der Waals surface area contributed by atoms with E-state index in [4.69, 9.17) is 0 Å². The Kier molecular flexibility index (Phi) is 2.77. The molecule has 78 valence electrons. The number of nitrogens with zero attached hydrogens (tertiary/aromatic N) is 2. The molecule has 0 aliphatic rings. The minimum atomic E-state index is 0.162. The molecule has 0 bridgehead atoms. The third-order valence-corrected chi connectivity index (χ3v) is 2.87. The monoisotopic (exact) mass is 220 g/mol. The van der Waals surface area contributed by atoms with Crippen LogP contribution in [0.3, 0.4) is 0 Å². The van der Waals surface area contributed by atoms with Gasteiger partial charge in [-0.05, 0) is 24.5 Å². The smallest absolute Gasteiger partial charge is 0.172 e. The van der Waals surface area contributed by atoms with Gasteiger partial charge in [0.1, 0.15) is 0 Å². The number of imidazole rings is 1. The molecule has 0 N–H and O–H groups in total. The molecule has 3 nitrogen and oxygen atoms in total. The lowest BCUT2D eigenvalue weighted by molar-refractivity contribution is 0.102. The van der Waals surface area contributed by atoms with E-state index in [0.29, 0.717) is 5.75 Å². The van der Waals surface area contributed by atoms with E-state index in [1.165, 1.54) is 0 Å². The molecular formula is C11H12N2OS. The SMILES string of the molecule is CSCC(=O)c1ccc2c(c1)ncn2C. The molecule has 0 atom stereocenters. The summed E-state index contributed by atoms with van der Waals surface area (Å²) in [4.78, 5) is 15.9. The maximum Gasteiger partial charge on any atom is 0.172 e. The molecule has 1 aromatic heterocycles. The molecule has 2 aromatic rings. The van der Waals surface area contributed by atoms with E-state index in [1.807, 2.05) is 36.1 Å². The van der Waals surface area contributed by atoms with Crippen molar-refractivity contribution < 1.29 is 4.79 Å². The first-order valence-electron chi connectivity index (χ1n) is 4.65. The zero-order valence-electron chi connectivity index (χ0n) is 8.73. The standard InChI is InChI=1S/C11H12N2OS/c1-13-7-12-9-5-8(3-4-10(9)13)11(14)6-15-2/h3-5,7H,6H2,1-2H3. The molecule has 0 saturated carbocycles. The van der Waals surface area contributed by atoms with E-state index in [0.717, 1.165) is 16.6 Å². The Bertz CT molecular complexity index is 504. The predicted octanol–water partition coefficient (Wildman–Crippen LogP) is 2.12. The first kappa shape index (κ1) is 10.2. The van der Waals surface area contributed by atoms with E-state index >= 15 is 0 Å². The molecule has 0 radical (unpaired) electrons. The van der Waals surface area contributed by atoms with Gasteiger partial charge in [-0.25, -0.2) is 4.98 Å². The van der Waals surface area contributed by atoms with Gasteiger partial charge in [0.2, 0.25) is 0 Å². The molecule has 0 spiro atoms. The molecule has 0 unspecified atom stereocenters. The van der Waals surface area contributed by atoms with Gasteiger partial charge in [-0.15, -0.1) is 0 Å². The first-order valence-corrected chi connectivity index (χ1v) is 6.05. The number of hydrogen-bond donors (Lipinski definition) is 0. The summed E-state index contributed by atoms with van der Waals surface area (Å²) in [6.07, 6.45) is 3.69. The van der Waals surface area contributed by atoms with Crippen molar-refractivity contribution in [2.75, 3.05) is 12.0 Å². The third-order valence-electron chi connectivity index (χ3n) is 2.32. The number of rotatable bonds is 3. The Labute approximate surface area is 92.5 Å². The fourth-order valence-corrected chi connectivity index (χ4v) is 1.95. The Balaban J connectivity index is 2.43. The second kappa shape index (κ2) is 4.06. The summed E-state index contributed by atoms with van der Waals surface area (Å²) in [5.74, 6) is 0.688. The van der Waals surface area contributed by atoms with Crippen molar-refractivity contribution in [3.63, 3.8) is 0 Å². The number of carbonyl (C=O) groups is 1. The summed E-state index contributed by atoms with van der Waals surface area (Å²) >= 11 is 1.54. The highest BCUT2D eigenvalue weighted by Gasteiger charge is 2.07. The molecule has 0 aliphatic carbocycles. The Morgan fingerprint density at radius 3 is 3.07 bits per heavy atom. The van der Waals surface area contributed by atoms with Crippen molar-refractivity contribution in [3.05, 3.63) is 30.1 Å². The maximum absolute atomic E-state index is 11.6. The van der Waals surface area contributed by atoms with Crippen LogP contribution >= 0.6 is 11.8 Å². The number of ketones is 1. The van der Waals surface area contributed by atoms with E-state index in [-0.39, 0.29) is 5.78 Å². The molecular weight excluding hydrogens is 208 g/mol. The highest BCUT2D eigenvalue weighted by molar-refractivity contribution is 7.99. The number of thioether (sulfide) groups is 1. The average molecular weight is 220 g/mol. The maximum atomic E-state index is 11.6. The van der Waals surface area contributed by atoms with Crippen LogP contribution in [0.5, 0.6) is 0 Å². The Morgan fingerprint density at radius 1 is 1.53 bits per heavy atom. The lowest BCUT2D eigenvalue weighted by Gasteiger charge is -1.99. The fraction of sp³-hybridized carbons (Fsp3) is 0.273. The normalized spacial score (nSPS) is 10.8. The average Bonchev–Trinajstić information content (AvgIpc) is 2.60.